The summed E-state index contributed by atoms with van der Waals surface area (Å²) in [6.07, 6.45) is 0. The van der Waals surface area contributed by atoms with Gasteiger partial charge in [-0.05, 0) is 0 Å². The van der Waals surface area contributed by atoms with Gasteiger partial charge in [0, 0.05) is 0 Å². The molecule has 2 bridgehead atoms. The molecule has 3 heterocycles. The standard InChI is InChI=1S/C8H18N2.BrH/c1-9-3-6-10(2,7-4-9)8-5-9;/h3-8H2,1-2H3;1H/q+2;/p-1. The summed E-state index contributed by atoms with van der Waals surface area (Å²) in [5, 5.41) is 0. The second-order valence-corrected chi connectivity index (χ2v) is 4.58. The van der Waals surface area contributed by atoms with Crippen molar-refractivity contribution in [3.8, 4) is 0 Å². The van der Waals surface area contributed by atoms with E-state index in [2.05, 4.69) is 14.1 Å². The third kappa shape index (κ3) is 1.60. The molecule has 0 radical (unpaired) electrons. The maximum Gasteiger partial charge on any atom is 0.129 e. The number of fused-ring (bicyclic) bond motifs is 3. The number of nitrogens with zero attached hydrogens (tertiary/aromatic N) is 2. The summed E-state index contributed by atoms with van der Waals surface area (Å²) >= 11 is 0. The van der Waals surface area contributed by atoms with Crippen LogP contribution in [-0.2, 0) is 0 Å². The van der Waals surface area contributed by atoms with Crippen molar-refractivity contribution in [2.24, 2.45) is 0 Å². The Bertz CT molecular complexity index is 116. The fraction of sp³-hybridized carbons (Fsp3) is 1.00. The van der Waals surface area contributed by atoms with Crippen LogP contribution in [0.4, 0.5) is 0 Å². The third-order valence-electron chi connectivity index (χ3n) is 3.54. The molecule has 66 valence electrons. The van der Waals surface area contributed by atoms with Crippen LogP contribution >= 0.6 is 0 Å². The summed E-state index contributed by atoms with van der Waals surface area (Å²) in [4.78, 5) is 0. The van der Waals surface area contributed by atoms with Crippen LogP contribution in [0.1, 0.15) is 0 Å². The fourth-order valence-electron chi connectivity index (χ4n) is 2.12. The van der Waals surface area contributed by atoms with E-state index in [4.69, 9.17) is 0 Å². The van der Waals surface area contributed by atoms with Crippen molar-refractivity contribution in [2.75, 3.05) is 53.4 Å². The van der Waals surface area contributed by atoms with Gasteiger partial charge < -0.3 is 25.9 Å². The molecule has 0 amide bonds. The number of piperazine rings is 3. The molecule has 0 aromatic carbocycles. The number of quaternary nitrogens is 2. The van der Waals surface area contributed by atoms with Crippen molar-refractivity contribution < 1.29 is 25.9 Å². The molecule has 2 nitrogen and oxygen atoms in total. The van der Waals surface area contributed by atoms with Crippen LogP contribution in [-0.4, -0.2) is 62.3 Å². The smallest absolute Gasteiger partial charge is 0.129 e. The molecule has 3 saturated heterocycles. The van der Waals surface area contributed by atoms with Crippen molar-refractivity contribution in [3.63, 3.8) is 0 Å². The number of hydrogen-bond acceptors (Lipinski definition) is 0. The van der Waals surface area contributed by atoms with Crippen LogP contribution in [0.15, 0.2) is 0 Å². The molecule has 3 rings (SSSR count). The Morgan fingerprint density at radius 2 is 0.818 bits per heavy atom. The highest BCUT2D eigenvalue weighted by atomic mass is 79.9. The lowest BCUT2D eigenvalue weighted by Crippen LogP contribution is -3.00. The van der Waals surface area contributed by atoms with Gasteiger partial charge in [0.2, 0.25) is 0 Å². The molecule has 0 atom stereocenters. The molecule has 3 aliphatic rings. The average Bonchev–Trinajstić information content (AvgIpc) is 1.93. The van der Waals surface area contributed by atoms with Gasteiger partial charge in [0.05, 0.1) is 14.1 Å². The number of likely N-dealkylation sites (N-methyl/N-ethyl adjacent to an activating group) is 2. The van der Waals surface area contributed by atoms with E-state index in [9.17, 15) is 0 Å². The maximum atomic E-state index is 2.41. The van der Waals surface area contributed by atoms with Gasteiger partial charge in [-0.3, -0.25) is 0 Å². The van der Waals surface area contributed by atoms with E-state index in [1.807, 2.05) is 0 Å². The van der Waals surface area contributed by atoms with Crippen LogP contribution in [0.25, 0.3) is 0 Å². The quantitative estimate of drug-likeness (QED) is 0.381. The minimum atomic E-state index is 0. The van der Waals surface area contributed by atoms with E-state index in [1.54, 1.807) is 0 Å². The second kappa shape index (κ2) is 2.71. The monoisotopic (exact) mass is 221 g/mol. The highest BCUT2D eigenvalue weighted by Crippen LogP contribution is 2.21. The van der Waals surface area contributed by atoms with E-state index >= 15 is 0 Å². The molecular formula is C8H18BrN2+. The van der Waals surface area contributed by atoms with Gasteiger partial charge >= 0.3 is 0 Å². The predicted octanol–water partition coefficient (Wildman–Crippen LogP) is -3.09. The molecule has 0 aromatic rings. The van der Waals surface area contributed by atoms with Gasteiger partial charge in [-0.25, -0.2) is 0 Å². The molecule has 0 aliphatic carbocycles. The summed E-state index contributed by atoms with van der Waals surface area (Å²) in [6, 6.07) is 0. The van der Waals surface area contributed by atoms with Crippen LogP contribution in [0, 0.1) is 0 Å². The Kier molecular flexibility index (Phi) is 2.34. The molecule has 11 heavy (non-hydrogen) atoms. The van der Waals surface area contributed by atoms with E-state index in [-0.39, 0.29) is 17.0 Å². The van der Waals surface area contributed by atoms with Gasteiger partial charge in [-0.2, -0.15) is 0 Å². The van der Waals surface area contributed by atoms with Gasteiger partial charge in [0.1, 0.15) is 39.3 Å². The minimum absolute atomic E-state index is 0. The first kappa shape index (κ1) is 9.49. The summed E-state index contributed by atoms with van der Waals surface area (Å²) < 4.78 is 2.71. The third-order valence-corrected chi connectivity index (χ3v) is 3.54. The molecule has 3 fully saturated rings. The maximum absolute atomic E-state index is 2.41. The lowest BCUT2D eigenvalue weighted by molar-refractivity contribution is -1.06. The highest BCUT2D eigenvalue weighted by Gasteiger charge is 2.43. The topological polar surface area (TPSA) is 0 Å². The molecular weight excluding hydrogens is 204 g/mol. The first-order chi connectivity index (χ1) is 4.62. The minimum Gasteiger partial charge on any atom is -1.00 e. The normalized spacial score (nSPS) is 48.5. The van der Waals surface area contributed by atoms with Gasteiger partial charge in [-0.15, -0.1) is 0 Å². The highest BCUT2D eigenvalue weighted by molar-refractivity contribution is 4.56. The van der Waals surface area contributed by atoms with Gasteiger partial charge in [0.15, 0.2) is 0 Å². The summed E-state index contributed by atoms with van der Waals surface area (Å²) in [7, 11) is 4.81. The van der Waals surface area contributed by atoms with Crippen molar-refractivity contribution in [2.45, 2.75) is 0 Å². The number of halogens is 1. The molecule has 0 spiro atoms. The first-order valence-electron chi connectivity index (χ1n) is 4.29. The molecule has 0 saturated carbocycles. The Morgan fingerprint density at radius 3 is 1.00 bits per heavy atom. The molecule has 0 N–H and O–H groups in total. The second-order valence-electron chi connectivity index (χ2n) is 4.58. The average molecular weight is 222 g/mol. The molecule has 0 aromatic heterocycles. The molecule has 0 unspecified atom stereocenters. The zero-order chi connectivity index (χ0) is 7.24. The van der Waals surface area contributed by atoms with Crippen molar-refractivity contribution in [1.82, 2.24) is 0 Å². The largest absolute Gasteiger partial charge is 1.00 e. The Labute approximate surface area is 79.7 Å². The molecule has 3 heteroatoms. The van der Waals surface area contributed by atoms with Crippen LogP contribution in [0.3, 0.4) is 0 Å². The predicted molar refractivity (Wildman–Crippen MR) is 41.6 cm³/mol. The zero-order valence-corrected chi connectivity index (χ0v) is 9.10. The van der Waals surface area contributed by atoms with Crippen molar-refractivity contribution >= 4 is 0 Å². The van der Waals surface area contributed by atoms with Crippen LogP contribution < -0.4 is 17.0 Å². The number of hydrogen-bond donors (Lipinski definition) is 0. The summed E-state index contributed by atoms with van der Waals surface area (Å²) in [5.74, 6) is 0. The summed E-state index contributed by atoms with van der Waals surface area (Å²) in [5.41, 5.74) is 0. The summed E-state index contributed by atoms with van der Waals surface area (Å²) in [6.45, 7) is 8.48. The van der Waals surface area contributed by atoms with Gasteiger partial charge in [0.25, 0.3) is 0 Å². The van der Waals surface area contributed by atoms with E-state index in [0.29, 0.717) is 0 Å². The van der Waals surface area contributed by atoms with Crippen molar-refractivity contribution in [3.05, 3.63) is 0 Å². The Morgan fingerprint density at radius 1 is 0.636 bits per heavy atom. The zero-order valence-electron chi connectivity index (χ0n) is 7.52. The lowest BCUT2D eigenvalue weighted by Gasteiger charge is -2.52. The number of rotatable bonds is 0. The van der Waals surface area contributed by atoms with E-state index < -0.39 is 0 Å². The fourth-order valence-corrected chi connectivity index (χ4v) is 2.12. The Balaban J connectivity index is 0.000000605. The Hall–Kier alpha value is 0.400. The molecule has 3 aliphatic heterocycles. The lowest BCUT2D eigenvalue weighted by atomic mass is 10.1. The van der Waals surface area contributed by atoms with E-state index in [0.717, 1.165) is 0 Å². The van der Waals surface area contributed by atoms with Crippen LogP contribution in [0.2, 0.25) is 0 Å². The SMILES string of the molecule is C[N+]12CC[N+](C)(CC1)CC2.[Br-]. The van der Waals surface area contributed by atoms with Gasteiger partial charge in [-0.1, -0.05) is 0 Å². The van der Waals surface area contributed by atoms with Crippen LogP contribution in [0.5, 0.6) is 0 Å². The first-order valence-corrected chi connectivity index (χ1v) is 4.29. The van der Waals surface area contributed by atoms with Crippen molar-refractivity contribution in [1.29, 1.82) is 0 Å². The van der Waals surface area contributed by atoms with E-state index in [1.165, 1.54) is 48.2 Å².